The third kappa shape index (κ3) is 2.36. The third-order valence-electron chi connectivity index (χ3n) is 2.20. The molecule has 1 heterocycles. The molecule has 2 rings (SSSR count). The Morgan fingerprint density at radius 1 is 1.00 bits per heavy atom. The van der Waals surface area contributed by atoms with Crippen LogP contribution in [0.3, 0.4) is 0 Å². The number of nitrogens with one attached hydrogen (secondary N) is 1. The van der Waals surface area contributed by atoms with Crippen molar-refractivity contribution in [2.75, 3.05) is 5.32 Å². The van der Waals surface area contributed by atoms with E-state index in [4.69, 9.17) is 11.5 Å². The van der Waals surface area contributed by atoms with Crippen molar-refractivity contribution in [3.05, 3.63) is 48.7 Å². The van der Waals surface area contributed by atoms with Gasteiger partial charge in [-0.2, -0.15) is 0 Å². The summed E-state index contributed by atoms with van der Waals surface area (Å²) < 4.78 is 0. The maximum Gasteiger partial charge on any atom is 0.136 e. The van der Waals surface area contributed by atoms with Crippen molar-refractivity contribution in [2.24, 2.45) is 11.5 Å². The smallest absolute Gasteiger partial charge is 0.136 e. The van der Waals surface area contributed by atoms with Crippen LogP contribution in [0, 0.1) is 0 Å². The van der Waals surface area contributed by atoms with Crippen LogP contribution in [0.15, 0.2) is 48.7 Å². The molecule has 0 spiro atoms. The van der Waals surface area contributed by atoms with Gasteiger partial charge in [-0.25, -0.2) is 4.98 Å². The second kappa shape index (κ2) is 4.74. The molecule has 0 unspecified atom stereocenters. The Labute approximate surface area is 94.3 Å². The van der Waals surface area contributed by atoms with E-state index in [0.717, 1.165) is 11.1 Å². The number of nitrogens with zero attached hydrogens (tertiary/aromatic N) is 1. The van der Waals surface area contributed by atoms with Gasteiger partial charge in [0, 0.05) is 11.8 Å². The fourth-order valence-electron chi connectivity index (χ4n) is 1.53. The van der Waals surface area contributed by atoms with Crippen LogP contribution in [0.4, 0.5) is 5.82 Å². The minimum Gasteiger partial charge on any atom is -0.342 e. The summed E-state index contributed by atoms with van der Waals surface area (Å²) >= 11 is 0. The Balaban J connectivity index is 2.41. The van der Waals surface area contributed by atoms with Crippen LogP contribution in [0.1, 0.15) is 0 Å². The van der Waals surface area contributed by atoms with Crippen molar-refractivity contribution < 1.29 is 0 Å². The molecule has 0 atom stereocenters. The normalized spacial score (nSPS) is 10.4. The van der Waals surface area contributed by atoms with Gasteiger partial charge in [-0.1, -0.05) is 30.3 Å². The van der Waals surface area contributed by atoms with E-state index in [9.17, 15) is 0 Å². The molecule has 0 aliphatic carbocycles. The second-order valence-electron chi connectivity index (χ2n) is 3.44. The summed E-state index contributed by atoms with van der Waals surface area (Å²) in [6.07, 6.45) is 1.09. The molecule has 4 nitrogen and oxygen atoms in total. The van der Waals surface area contributed by atoms with Crippen LogP contribution in [-0.4, -0.2) is 11.3 Å². The van der Waals surface area contributed by atoms with Crippen LogP contribution in [0.25, 0.3) is 11.1 Å². The van der Waals surface area contributed by atoms with Crippen LogP contribution >= 0.6 is 0 Å². The molecule has 4 heteroatoms. The molecule has 0 aliphatic rings. The van der Waals surface area contributed by atoms with Crippen molar-refractivity contribution in [1.29, 1.82) is 0 Å². The molecule has 0 amide bonds. The highest BCUT2D eigenvalue weighted by Crippen LogP contribution is 2.25. The van der Waals surface area contributed by atoms with Gasteiger partial charge in [0.25, 0.3) is 0 Å². The van der Waals surface area contributed by atoms with E-state index in [2.05, 4.69) is 10.3 Å². The van der Waals surface area contributed by atoms with Crippen molar-refractivity contribution >= 4 is 5.82 Å². The predicted octanol–water partition coefficient (Wildman–Crippen LogP) is 1.36. The minimum atomic E-state index is -0.614. The zero-order valence-electron chi connectivity index (χ0n) is 8.80. The van der Waals surface area contributed by atoms with Crippen molar-refractivity contribution in [3.8, 4) is 11.1 Å². The Hall–Kier alpha value is -1.91. The number of anilines is 1. The summed E-state index contributed by atoms with van der Waals surface area (Å²) in [5, 5.41) is 2.92. The average molecular weight is 214 g/mol. The quantitative estimate of drug-likeness (QED) is 0.674. The van der Waals surface area contributed by atoms with Gasteiger partial charge in [-0.05, 0) is 17.7 Å². The third-order valence-corrected chi connectivity index (χ3v) is 2.20. The SMILES string of the molecule is NC(N)Nc1ncccc1-c1ccccc1. The number of hydrogen-bond acceptors (Lipinski definition) is 4. The highest BCUT2D eigenvalue weighted by molar-refractivity contribution is 5.74. The van der Waals surface area contributed by atoms with Gasteiger partial charge in [-0.3, -0.25) is 11.5 Å². The highest BCUT2D eigenvalue weighted by Gasteiger charge is 2.06. The van der Waals surface area contributed by atoms with E-state index in [1.165, 1.54) is 0 Å². The van der Waals surface area contributed by atoms with Crippen LogP contribution < -0.4 is 16.8 Å². The van der Waals surface area contributed by atoms with Gasteiger partial charge in [-0.15, -0.1) is 0 Å². The molecule has 0 radical (unpaired) electrons. The number of aromatic nitrogens is 1. The van der Waals surface area contributed by atoms with Crippen molar-refractivity contribution in [2.45, 2.75) is 6.29 Å². The van der Waals surface area contributed by atoms with E-state index < -0.39 is 6.29 Å². The maximum absolute atomic E-state index is 5.50. The average Bonchev–Trinajstić information content (AvgIpc) is 2.30. The zero-order valence-corrected chi connectivity index (χ0v) is 8.80. The van der Waals surface area contributed by atoms with Gasteiger partial charge in [0.05, 0.1) is 0 Å². The first-order valence-corrected chi connectivity index (χ1v) is 5.05. The molecule has 0 saturated heterocycles. The van der Waals surface area contributed by atoms with E-state index in [-0.39, 0.29) is 0 Å². The second-order valence-corrected chi connectivity index (χ2v) is 3.44. The van der Waals surface area contributed by atoms with E-state index in [0.29, 0.717) is 5.82 Å². The summed E-state index contributed by atoms with van der Waals surface area (Å²) in [6, 6.07) is 13.8. The fraction of sp³-hybridized carbons (Fsp3) is 0.0833. The summed E-state index contributed by atoms with van der Waals surface area (Å²) in [5.41, 5.74) is 13.1. The lowest BCUT2D eigenvalue weighted by molar-refractivity contribution is 0.801. The number of nitrogens with two attached hydrogens (primary N) is 2. The summed E-state index contributed by atoms with van der Waals surface area (Å²) in [4.78, 5) is 4.22. The molecular weight excluding hydrogens is 200 g/mol. The first-order chi connectivity index (χ1) is 7.77. The lowest BCUT2D eigenvalue weighted by Crippen LogP contribution is -2.39. The molecule has 0 fully saturated rings. The summed E-state index contributed by atoms with van der Waals surface area (Å²) in [6.45, 7) is 0. The van der Waals surface area contributed by atoms with Crippen molar-refractivity contribution in [1.82, 2.24) is 4.98 Å². The molecule has 0 saturated carbocycles. The van der Waals surface area contributed by atoms with E-state index in [1.54, 1.807) is 6.20 Å². The Kier molecular flexibility index (Phi) is 3.14. The van der Waals surface area contributed by atoms with Crippen LogP contribution in [0.5, 0.6) is 0 Å². The fourth-order valence-corrected chi connectivity index (χ4v) is 1.53. The lowest BCUT2D eigenvalue weighted by Gasteiger charge is -2.13. The zero-order chi connectivity index (χ0) is 11.4. The van der Waals surface area contributed by atoms with Gasteiger partial charge < -0.3 is 5.32 Å². The summed E-state index contributed by atoms with van der Waals surface area (Å²) in [5.74, 6) is 0.698. The van der Waals surface area contributed by atoms with Gasteiger partial charge in [0.15, 0.2) is 0 Å². The predicted molar refractivity (Wildman–Crippen MR) is 65.5 cm³/mol. The molecule has 0 bridgehead atoms. The van der Waals surface area contributed by atoms with Crippen molar-refractivity contribution in [3.63, 3.8) is 0 Å². The molecule has 16 heavy (non-hydrogen) atoms. The first-order valence-electron chi connectivity index (χ1n) is 5.05. The van der Waals surface area contributed by atoms with E-state index >= 15 is 0 Å². The largest absolute Gasteiger partial charge is 0.342 e. The minimum absolute atomic E-state index is 0.614. The summed E-state index contributed by atoms with van der Waals surface area (Å²) in [7, 11) is 0. The molecule has 82 valence electrons. The van der Waals surface area contributed by atoms with Crippen LogP contribution in [-0.2, 0) is 0 Å². The Bertz CT molecular complexity index is 454. The standard InChI is InChI=1S/C12H14N4/c13-12(14)16-11-10(7-4-8-15-11)9-5-2-1-3-6-9/h1-8,12H,13-14H2,(H,15,16). The molecule has 0 aliphatic heterocycles. The highest BCUT2D eigenvalue weighted by atomic mass is 15.2. The molecule has 1 aromatic heterocycles. The number of benzene rings is 1. The molecule has 2 aromatic rings. The molecule has 1 aromatic carbocycles. The van der Waals surface area contributed by atoms with Crippen LogP contribution in [0.2, 0.25) is 0 Å². The van der Waals surface area contributed by atoms with Gasteiger partial charge in [0.2, 0.25) is 0 Å². The first kappa shape index (κ1) is 10.6. The molecular formula is C12H14N4. The maximum atomic E-state index is 5.50. The van der Waals surface area contributed by atoms with Gasteiger partial charge in [0.1, 0.15) is 12.1 Å². The topological polar surface area (TPSA) is 77.0 Å². The van der Waals surface area contributed by atoms with Gasteiger partial charge >= 0.3 is 0 Å². The number of rotatable bonds is 3. The lowest BCUT2D eigenvalue weighted by atomic mass is 10.1. The Morgan fingerprint density at radius 3 is 2.44 bits per heavy atom. The Morgan fingerprint density at radius 2 is 1.75 bits per heavy atom. The molecule has 5 N–H and O–H groups in total. The monoisotopic (exact) mass is 214 g/mol. The number of hydrogen-bond donors (Lipinski definition) is 3. The van der Waals surface area contributed by atoms with E-state index in [1.807, 2.05) is 42.5 Å². The number of pyridine rings is 1.